The van der Waals surface area contributed by atoms with Crippen molar-refractivity contribution >= 4 is 17.7 Å². The van der Waals surface area contributed by atoms with Crippen LogP contribution < -0.4 is 0 Å². The van der Waals surface area contributed by atoms with Crippen LogP contribution in [0.2, 0.25) is 0 Å². The van der Waals surface area contributed by atoms with E-state index in [-0.39, 0.29) is 17.4 Å². The molecular weight excluding hydrogens is 394 g/mol. The van der Waals surface area contributed by atoms with Gasteiger partial charge in [-0.3, -0.25) is 4.79 Å². The Bertz CT molecular complexity index is 860. The molecule has 4 fully saturated rings. The van der Waals surface area contributed by atoms with Crippen molar-refractivity contribution in [2.75, 3.05) is 5.75 Å². The Morgan fingerprint density at radius 2 is 1.73 bits per heavy atom. The van der Waals surface area contributed by atoms with Crippen molar-refractivity contribution < 1.29 is 9.21 Å². The molecule has 160 valence electrons. The minimum atomic E-state index is 0.105. The lowest BCUT2D eigenvalue weighted by Crippen LogP contribution is -2.48. The number of carbonyl (C=O) groups is 1. The summed E-state index contributed by atoms with van der Waals surface area (Å²) in [5.41, 5.74) is 1.26. The minimum absolute atomic E-state index is 0.105. The van der Waals surface area contributed by atoms with Gasteiger partial charge in [-0.15, -0.1) is 10.2 Å². The van der Waals surface area contributed by atoms with Crippen LogP contribution in [0.15, 0.2) is 40.0 Å². The van der Waals surface area contributed by atoms with E-state index in [4.69, 9.17) is 4.42 Å². The molecule has 1 aromatic carbocycles. The molecule has 0 saturated heterocycles. The summed E-state index contributed by atoms with van der Waals surface area (Å²) < 4.78 is 6.15. The van der Waals surface area contributed by atoms with Gasteiger partial charge in [-0.25, -0.2) is 0 Å². The molecule has 1 heterocycles. The Morgan fingerprint density at radius 1 is 1.10 bits per heavy atom. The van der Waals surface area contributed by atoms with Crippen LogP contribution in [0.3, 0.4) is 0 Å². The van der Waals surface area contributed by atoms with Crippen LogP contribution in [0, 0.1) is 17.8 Å². The van der Waals surface area contributed by atoms with E-state index < -0.39 is 0 Å². The Labute approximate surface area is 183 Å². The largest absolute Gasteiger partial charge is 0.415 e. The number of aromatic nitrogens is 2. The van der Waals surface area contributed by atoms with Crippen LogP contribution >= 0.6 is 11.8 Å². The molecule has 4 bridgehead atoms. The first kappa shape index (κ1) is 20.1. The molecule has 2 aromatic rings. The number of hydrogen-bond acceptors (Lipinski definition) is 5. The quantitative estimate of drug-likeness (QED) is 0.580. The highest BCUT2D eigenvalue weighted by atomic mass is 32.2. The van der Waals surface area contributed by atoms with Gasteiger partial charge in [0.2, 0.25) is 11.8 Å². The fourth-order valence-electron chi connectivity index (χ4n) is 6.40. The molecule has 4 aliphatic rings. The predicted molar refractivity (Wildman–Crippen MR) is 117 cm³/mol. The van der Waals surface area contributed by atoms with Gasteiger partial charge in [0.1, 0.15) is 0 Å². The molecule has 0 N–H and O–H groups in total. The van der Waals surface area contributed by atoms with Crippen molar-refractivity contribution in [1.82, 2.24) is 15.1 Å². The van der Waals surface area contributed by atoms with E-state index in [1.807, 2.05) is 23.1 Å². The standard InChI is InChI=1S/C24H31N3O2S/c1-16(2)27(14-17-6-4-3-5-7-17)21(28)15-30-23-26-25-22(29-23)24-11-18-8-19(12-24)10-20(9-18)13-24/h3-7,16,18-20H,8-15H2,1-2H3. The van der Waals surface area contributed by atoms with Crippen molar-refractivity contribution in [3.63, 3.8) is 0 Å². The van der Waals surface area contributed by atoms with Gasteiger partial charge in [-0.05, 0) is 75.7 Å². The molecule has 4 saturated carbocycles. The molecule has 1 aromatic heterocycles. The zero-order valence-electron chi connectivity index (χ0n) is 17.9. The number of amides is 1. The Morgan fingerprint density at radius 3 is 2.33 bits per heavy atom. The summed E-state index contributed by atoms with van der Waals surface area (Å²) in [6, 6.07) is 10.3. The van der Waals surface area contributed by atoms with E-state index in [9.17, 15) is 4.79 Å². The summed E-state index contributed by atoms with van der Waals surface area (Å²) in [4.78, 5) is 14.8. The molecule has 0 unspecified atom stereocenters. The summed E-state index contributed by atoms with van der Waals surface area (Å²) in [5, 5.41) is 9.32. The van der Waals surface area contributed by atoms with Gasteiger partial charge >= 0.3 is 0 Å². The molecule has 4 aliphatic carbocycles. The Kier molecular flexibility index (Phi) is 5.38. The van der Waals surface area contributed by atoms with Crippen molar-refractivity contribution in [1.29, 1.82) is 0 Å². The summed E-state index contributed by atoms with van der Waals surface area (Å²) in [5.74, 6) is 3.80. The second-order valence-electron chi connectivity index (χ2n) is 9.96. The average Bonchev–Trinajstić information content (AvgIpc) is 3.20. The van der Waals surface area contributed by atoms with E-state index in [1.165, 1.54) is 50.3 Å². The second-order valence-corrected chi connectivity index (χ2v) is 10.9. The first-order valence-corrected chi connectivity index (χ1v) is 12.3. The summed E-state index contributed by atoms with van der Waals surface area (Å²) in [6.45, 7) is 4.74. The van der Waals surface area contributed by atoms with Gasteiger partial charge in [0.15, 0.2) is 0 Å². The average molecular weight is 426 g/mol. The van der Waals surface area contributed by atoms with Gasteiger partial charge in [-0.2, -0.15) is 0 Å². The van der Waals surface area contributed by atoms with Crippen molar-refractivity contribution in [2.24, 2.45) is 17.8 Å². The molecule has 30 heavy (non-hydrogen) atoms. The first-order chi connectivity index (χ1) is 14.5. The van der Waals surface area contributed by atoms with E-state index in [2.05, 4.69) is 36.2 Å². The van der Waals surface area contributed by atoms with E-state index in [0.29, 0.717) is 17.5 Å². The summed E-state index contributed by atoms with van der Waals surface area (Å²) in [7, 11) is 0. The van der Waals surface area contributed by atoms with E-state index in [0.717, 1.165) is 29.2 Å². The maximum atomic E-state index is 12.9. The van der Waals surface area contributed by atoms with Crippen LogP contribution in [-0.4, -0.2) is 32.8 Å². The molecule has 0 aliphatic heterocycles. The fraction of sp³-hybridized carbons (Fsp3) is 0.625. The number of rotatable bonds is 7. The highest BCUT2D eigenvalue weighted by molar-refractivity contribution is 7.99. The van der Waals surface area contributed by atoms with Crippen LogP contribution in [-0.2, 0) is 16.8 Å². The number of hydrogen-bond donors (Lipinski definition) is 0. The normalized spacial score (nSPS) is 29.5. The Hall–Kier alpha value is -1.82. The second kappa shape index (κ2) is 8.03. The zero-order chi connectivity index (χ0) is 20.7. The SMILES string of the molecule is CC(C)N(Cc1ccccc1)C(=O)CSc1nnc(C23CC4CC(CC(C4)C2)C3)o1. The van der Waals surface area contributed by atoms with Crippen LogP contribution in [0.4, 0.5) is 0 Å². The molecule has 6 heteroatoms. The maximum Gasteiger partial charge on any atom is 0.277 e. The molecule has 0 radical (unpaired) electrons. The zero-order valence-corrected chi connectivity index (χ0v) is 18.7. The smallest absolute Gasteiger partial charge is 0.277 e. The monoisotopic (exact) mass is 425 g/mol. The fourth-order valence-corrected chi connectivity index (χ4v) is 7.05. The predicted octanol–water partition coefficient (Wildman–Crippen LogP) is 5.07. The van der Waals surface area contributed by atoms with Gasteiger partial charge in [0.05, 0.1) is 5.75 Å². The van der Waals surface area contributed by atoms with Gasteiger partial charge in [0, 0.05) is 18.0 Å². The molecule has 1 amide bonds. The number of nitrogens with zero attached hydrogens (tertiary/aromatic N) is 3. The molecular formula is C24H31N3O2S. The van der Waals surface area contributed by atoms with Crippen LogP contribution in [0.5, 0.6) is 0 Å². The van der Waals surface area contributed by atoms with E-state index in [1.54, 1.807) is 0 Å². The van der Waals surface area contributed by atoms with Gasteiger partial charge in [0.25, 0.3) is 5.22 Å². The lowest BCUT2D eigenvalue weighted by molar-refractivity contribution is -0.130. The first-order valence-electron chi connectivity index (χ1n) is 11.3. The third kappa shape index (κ3) is 3.91. The van der Waals surface area contributed by atoms with E-state index >= 15 is 0 Å². The maximum absolute atomic E-state index is 12.9. The van der Waals surface area contributed by atoms with Crippen molar-refractivity contribution in [2.45, 2.75) is 75.6 Å². The van der Waals surface area contributed by atoms with Crippen molar-refractivity contribution in [3.8, 4) is 0 Å². The highest BCUT2D eigenvalue weighted by Gasteiger charge is 2.54. The van der Waals surface area contributed by atoms with Crippen LogP contribution in [0.25, 0.3) is 0 Å². The lowest BCUT2D eigenvalue weighted by atomic mass is 9.49. The summed E-state index contributed by atoms with van der Waals surface area (Å²) in [6.07, 6.45) is 7.83. The number of thioether (sulfide) groups is 1. The van der Waals surface area contributed by atoms with Gasteiger partial charge < -0.3 is 9.32 Å². The van der Waals surface area contributed by atoms with Crippen LogP contribution in [0.1, 0.15) is 63.8 Å². The third-order valence-electron chi connectivity index (χ3n) is 7.36. The molecule has 0 spiro atoms. The minimum Gasteiger partial charge on any atom is -0.415 e. The third-order valence-corrected chi connectivity index (χ3v) is 8.16. The molecule has 5 nitrogen and oxygen atoms in total. The number of benzene rings is 1. The lowest BCUT2D eigenvalue weighted by Gasteiger charge is -2.55. The van der Waals surface area contributed by atoms with Gasteiger partial charge in [-0.1, -0.05) is 42.1 Å². The Balaban J connectivity index is 1.23. The number of carbonyl (C=O) groups excluding carboxylic acids is 1. The summed E-state index contributed by atoms with van der Waals surface area (Å²) >= 11 is 1.38. The molecule has 6 rings (SSSR count). The molecule has 0 atom stereocenters. The topological polar surface area (TPSA) is 59.2 Å². The van der Waals surface area contributed by atoms with Crippen molar-refractivity contribution in [3.05, 3.63) is 41.8 Å². The highest BCUT2D eigenvalue weighted by Crippen LogP contribution is 2.60.